The van der Waals surface area contributed by atoms with Crippen molar-refractivity contribution in [1.29, 1.82) is 0 Å². The van der Waals surface area contributed by atoms with Crippen molar-refractivity contribution in [2.75, 3.05) is 5.32 Å². The summed E-state index contributed by atoms with van der Waals surface area (Å²) >= 11 is 0. The number of alkyl halides is 3. The Kier molecular flexibility index (Phi) is 5.10. The molecule has 0 unspecified atom stereocenters. The molecule has 1 aromatic carbocycles. The molecule has 0 aliphatic heterocycles. The normalized spacial score (nSPS) is 10.6. The van der Waals surface area contributed by atoms with E-state index in [9.17, 15) is 18.0 Å². The lowest BCUT2D eigenvalue weighted by atomic mass is 10.2. The van der Waals surface area contributed by atoms with E-state index in [2.05, 4.69) is 10.3 Å². The Hall–Kier alpha value is -2.08. The summed E-state index contributed by atoms with van der Waals surface area (Å²) in [7, 11) is 0. The predicted molar refractivity (Wildman–Crippen MR) is 70.9 cm³/mol. The summed E-state index contributed by atoms with van der Waals surface area (Å²) in [4.78, 5) is 15.5. The zero-order valence-corrected chi connectivity index (χ0v) is 10.8. The summed E-state index contributed by atoms with van der Waals surface area (Å²) < 4.78 is 37.1. The molecule has 1 amide bonds. The van der Waals surface area contributed by atoms with Crippen molar-refractivity contribution < 1.29 is 18.0 Å². The number of benzene rings is 1. The summed E-state index contributed by atoms with van der Waals surface area (Å²) in [5.74, 6) is -0.423. The Morgan fingerprint density at radius 3 is 2.25 bits per heavy atom. The van der Waals surface area contributed by atoms with Gasteiger partial charge in [-0.3, -0.25) is 9.78 Å². The zero-order chi connectivity index (χ0) is 13.9. The van der Waals surface area contributed by atoms with Crippen molar-refractivity contribution in [3.63, 3.8) is 0 Å². The van der Waals surface area contributed by atoms with Gasteiger partial charge in [-0.15, -0.1) is 12.4 Å². The van der Waals surface area contributed by atoms with Crippen LogP contribution in [0.5, 0.6) is 0 Å². The van der Waals surface area contributed by atoms with E-state index in [0.717, 1.165) is 12.1 Å². The number of pyridine rings is 1. The second-order valence-electron chi connectivity index (χ2n) is 3.77. The first kappa shape index (κ1) is 16.0. The third-order valence-corrected chi connectivity index (χ3v) is 2.39. The molecular weight excluding hydrogens is 293 g/mol. The van der Waals surface area contributed by atoms with Crippen LogP contribution in [0.3, 0.4) is 0 Å². The van der Waals surface area contributed by atoms with Gasteiger partial charge >= 0.3 is 6.18 Å². The standard InChI is InChI=1S/C13H9F3N2O.ClH/c14-13(15,16)10-3-5-11(6-4-10)18-12(19)9-2-1-7-17-8-9;/h1-8H,(H,18,19);1H. The number of amides is 1. The zero-order valence-electron chi connectivity index (χ0n) is 10.0. The van der Waals surface area contributed by atoms with Crippen LogP contribution in [0.4, 0.5) is 18.9 Å². The van der Waals surface area contributed by atoms with Crippen LogP contribution in [0.2, 0.25) is 0 Å². The van der Waals surface area contributed by atoms with Crippen LogP contribution in [-0.2, 0) is 6.18 Å². The highest BCUT2D eigenvalue weighted by Gasteiger charge is 2.29. The van der Waals surface area contributed by atoms with Gasteiger partial charge in [0, 0.05) is 18.1 Å². The van der Waals surface area contributed by atoms with E-state index in [4.69, 9.17) is 0 Å². The van der Waals surface area contributed by atoms with Crippen molar-refractivity contribution in [1.82, 2.24) is 4.98 Å². The largest absolute Gasteiger partial charge is 0.416 e. The van der Waals surface area contributed by atoms with Gasteiger partial charge in [0.25, 0.3) is 5.91 Å². The number of nitrogens with one attached hydrogen (secondary N) is 1. The van der Waals surface area contributed by atoms with Crippen LogP contribution >= 0.6 is 12.4 Å². The molecule has 1 heterocycles. The number of hydrogen-bond acceptors (Lipinski definition) is 2. The number of carbonyl (C=O) groups excluding carboxylic acids is 1. The van der Waals surface area contributed by atoms with E-state index in [1.807, 2.05) is 0 Å². The van der Waals surface area contributed by atoms with E-state index in [0.29, 0.717) is 11.3 Å². The molecule has 2 aromatic rings. The predicted octanol–water partition coefficient (Wildman–Crippen LogP) is 3.77. The molecule has 0 aliphatic carbocycles. The number of carbonyl (C=O) groups is 1. The van der Waals surface area contributed by atoms with E-state index < -0.39 is 17.6 Å². The second-order valence-corrected chi connectivity index (χ2v) is 3.77. The molecule has 7 heteroatoms. The number of rotatable bonds is 2. The first-order valence-corrected chi connectivity index (χ1v) is 5.35. The Morgan fingerprint density at radius 2 is 1.75 bits per heavy atom. The van der Waals surface area contributed by atoms with Gasteiger partial charge in [0.1, 0.15) is 0 Å². The molecule has 0 radical (unpaired) electrons. The van der Waals surface area contributed by atoms with Crippen molar-refractivity contribution in [3.05, 3.63) is 59.9 Å². The van der Waals surface area contributed by atoms with Gasteiger partial charge in [-0.2, -0.15) is 13.2 Å². The highest BCUT2D eigenvalue weighted by Crippen LogP contribution is 2.29. The third kappa shape index (κ3) is 3.96. The van der Waals surface area contributed by atoms with E-state index >= 15 is 0 Å². The van der Waals surface area contributed by atoms with Crippen molar-refractivity contribution in [2.45, 2.75) is 6.18 Å². The molecule has 0 spiro atoms. The highest BCUT2D eigenvalue weighted by molar-refractivity contribution is 6.03. The minimum Gasteiger partial charge on any atom is -0.322 e. The van der Waals surface area contributed by atoms with Gasteiger partial charge in [0.2, 0.25) is 0 Å². The molecule has 0 saturated heterocycles. The van der Waals surface area contributed by atoms with Gasteiger partial charge in [0.15, 0.2) is 0 Å². The van der Waals surface area contributed by atoms with Crippen LogP contribution in [0, 0.1) is 0 Å². The first-order valence-electron chi connectivity index (χ1n) is 5.35. The van der Waals surface area contributed by atoms with Gasteiger partial charge in [-0.05, 0) is 36.4 Å². The average molecular weight is 303 g/mol. The topological polar surface area (TPSA) is 42.0 Å². The summed E-state index contributed by atoms with van der Waals surface area (Å²) in [6.07, 6.45) is -1.49. The van der Waals surface area contributed by atoms with Crippen LogP contribution in [0.25, 0.3) is 0 Å². The number of halogens is 4. The molecule has 0 bridgehead atoms. The summed E-state index contributed by atoms with van der Waals surface area (Å²) in [5, 5.41) is 2.49. The Balaban J connectivity index is 0.00000200. The summed E-state index contributed by atoms with van der Waals surface area (Å²) in [6, 6.07) is 7.40. The lowest BCUT2D eigenvalue weighted by molar-refractivity contribution is -0.137. The fourth-order valence-electron chi connectivity index (χ4n) is 1.44. The smallest absolute Gasteiger partial charge is 0.322 e. The van der Waals surface area contributed by atoms with Gasteiger partial charge < -0.3 is 5.32 Å². The van der Waals surface area contributed by atoms with Gasteiger partial charge in [0.05, 0.1) is 11.1 Å². The first-order chi connectivity index (χ1) is 8.97. The van der Waals surface area contributed by atoms with Crippen molar-refractivity contribution in [3.8, 4) is 0 Å². The molecule has 0 saturated carbocycles. The molecule has 0 aliphatic rings. The monoisotopic (exact) mass is 302 g/mol. The van der Waals surface area contributed by atoms with Crippen LogP contribution < -0.4 is 5.32 Å². The summed E-state index contributed by atoms with van der Waals surface area (Å²) in [5.41, 5.74) is -0.129. The van der Waals surface area contributed by atoms with E-state index in [1.165, 1.54) is 24.5 Å². The molecular formula is C13H10ClF3N2O. The fraction of sp³-hybridized carbons (Fsp3) is 0.0769. The molecule has 3 nitrogen and oxygen atoms in total. The van der Waals surface area contributed by atoms with Crippen LogP contribution in [0.1, 0.15) is 15.9 Å². The Bertz CT molecular complexity index is 570. The molecule has 0 fully saturated rings. The quantitative estimate of drug-likeness (QED) is 0.917. The lowest BCUT2D eigenvalue weighted by Crippen LogP contribution is -2.12. The number of nitrogens with zero attached hydrogens (tertiary/aromatic N) is 1. The third-order valence-electron chi connectivity index (χ3n) is 2.39. The molecule has 2 rings (SSSR count). The van der Waals surface area contributed by atoms with Crippen LogP contribution in [0.15, 0.2) is 48.8 Å². The van der Waals surface area contributed by atoms with Crippen molar-refractivity contribution in [2.24, 2.45) is 0 Å². The van der Waals surface area contributed by atoms with Crippen LogP contribution in [-0.4, -0.2) is 10.9 Å². The minimum absolute atomic E-state index is 0. The molecule has 106 valence electrons. The minimum atomic E-state index is -4.38. The van der Waals surface area contributed by atoms with Crippen molar-refractivity contribution >= 4 is 24.0 Å². The SMILES string of the molecule is Cl.O=C(Nc1ccc(C(F)(F)F)cc1)c1cccnc1. The Morgan fingerprint density at radius 1 is 1.10 bits per heavy atom. The summed E-state index contributed by atoms with van der Waals surface area (Å²) in [6.45, 7) is 0. The number of aromatic nitrogens is 1. The highest BCUT2D eigenvalue weighted by atomic mass is 35.5. The average Bonchev–Trinajstić information content (AvgIpc) is 2.39. The maximum atomic E-state index is 12.4. The van der Waals surface area contributed by atoms with E-state index in [-0.39, 0.29) is 12.4 Å². The van der Waals surface area contributed by atoms with Gasteiger partial charge in [-0.1, -0.05) is 0 Å². The second kappa shape index (κ2) is 6.38. The molecule has 1 N–H and O–H groups in total. The van der Waals surface area contributed by atoms with Gasteiger partial charge in [-0.25, -0.2) is 0 Å². The maximum Gasteiger partial charge on any atom is 0.416 e. The molecule has 1 aromatic heterocycles. The Labute approximate surface area is 119 Å². The molecule has 20 heavy (non-hydrogen) atoms. The fourth-order valence-corrected chi connectivity index (χ4v) is 1.44. The number of anilines is 1. The van der Waals surface area contributed by atoms with E-state index in [1.54, 1.807) is 12.1 Å². The maximum absolute atomic E-state index is 12.4. The lowest BCUT2D eigenvalue weighted by Gasteiger charge is -2.08. The molecule has 0 atom stereocenters. The number of hydrogen-bond donors (Lipinski definition) is 1.